The van der Waals surface area contributed by atoms with E-state index in [0.717, 1.165) is 12.1 Å². The molecule has 10 heteroatoms. The first-order valence-corrected chi connectivity index (χ1v) is 10.6. The first kappa shape index (κ1) is 22.9. The van der Waals surface area contributed by atoms with Gasteiger partial charge in [0.05, 0.1) is 27.9 Å². The van der Waals surface area contributed by atoms with E-state index < -0.39 is 23.5 Å². The average molecular weight is 481 g/mol. The van der Waals surface area contributed by atoms with Crippen LogP contribution in [0.2, 0.25) is 5.02 Å². The number of carbonyl (C=O) groups excluding carboxylic acids is 3. The van der Waals surface area contributed by atoms with Crippen LogP contribution in [0.1, 0.15) is 27.1 Å². The number of benzene rings is 2. The van der Waals surface area contributed by atoms with Gasteiger partial charge in [0.2, 0.25) is 5.91 Å². The van der Waals surface area contributed by atoms with Crippen LogP contribution in [-0.2, 0) is 4.79 Å². The van der Waals surface area contributed by atoms with Crippen LogP contribution in [0.15, 0.2) is 71.3 Å². The first-order chi connectivity index (χ1) is 16.4. The predicted molar refractivity (Wildman–Crippen MR) is 123 cm³/mol. The topological polar surface area (TPSA) is 113 Å². The fourth-order valence-electron chi connectivity index (χ4n) is 3.23. The molecule has 0 spiro atoms. The van der Waals surface area contributed by atoms with E-state index in [1.54, 1.807) is 42.5 Å². The Hall–Kier alpha value is -4.24. The molecule has 0 radical (unpaired) electrons. The first-order valence-electron chi connectivity index (χ1n) is 10.2. The second-order valence-electron chi connectivity index (χ2n) is 7.18. The quantitative estimate of drug-likeness (QED) is 0.363. The van der Waals surface area contributed by atoms with Crippen LogP contribution in [-0.4, -0.2) is 29.3 Å². The smallest absolute Gasteiger partial charge is 0.270 e. The van der Waals surface area contributed by atoms with E-state index in [2.05, 4.69) is 21.2 Å². The van der Waals surface area contributed by atoms with Crippen molar-refractivity contribution in [3.63, 3.8) is 0 Å². The van der Waals surface area contributed by atoms with Crippen molar-refractivity contribution >= 4 is 40.2 Å². The van der Waals surface area contributed by atoms with Crippen molar-refractivity contribution in [2.75, 3.05) is 6.54 Å². The molecule has 0 fully saturated rings. The van der Waals surface area contributed by atoms with E-state index in [9.17, 15) is 18.8 Å². The van der Waals surface area contributed by atoms with Crippen molar-refractivity contribution in [1.29, 1.82) is 0 Å². The lowest BCUT2D eigenvalue weighted by Gasteiger charge is -2.11. The second-order valence-corrected chi connectivity index (χ2v) is 7.59. The summed E-state index contributed by atoms with van der Waals surface area (Å²) in [6.45, 7) is -0.0188. The molecule has 0 aliphatic heterocycles. The van der Waals surface area contributed by atoms with Crippen molar-refractivity contribution in [2.45, 2.75) is 6.42 Å². The van der Waals surface area contributed by atoms with E-state index in [-0.39, 0.29) is 23.6 Å². The number of nitrogens with zero attached hydrogens (tertiary/aromatic N) is 1. The summed E-state index contributed by atoms with van der Waals surface area (Å²) >= 11 is 5.86. The third kappa shape index (κ3) is 5.21. The number of pyridine rings is 1. The number of nitrogens with one attached hydrogen (secondary N) is 3. The molecule has 0 bridgehead atoms. The standard InChI is InChI=1S/C24H18ClFN4O4/c25-18-12-14(26)7-8-16(18)23(32)27-10-9-22(31)29-30-24(33)17-13-20(21-6-3-11-34-21)28-19-5-2-1-4-15(17)19/h1-8,11-13H,9-10H2,(H,27,32)(H,29,31)(H,30,33). The molecule has 0 saturated heterocycles. The van der Waals surface area contributed by atoms with Crippen LogP contribution in [0.3, 0.4) is 0 Å². The predicted octanol–water partition coefficient (Wildman–Crippen LogP) is 3.87. The van der Waals surface area contributed by atoms with Gasteiger partial charge in [-0.15, -0.1) is 0 Å². The molecule has 3 amide bonds. The van der Waals surface area contributed by atoms with Crippen LogP contribution < -0.4 is 16.2 Å². The van der Waals surface area contributed by atoms with E-state index >= 15 is 0 Å². The highest BCUT2D eigenvalue weighted by Crippen LogP contribution is 2.25. The molecule has 0 saturated carbocycles. The third-order valence-electron chi connectivity index (χ3n) is 4.86. The van der Waals surface area contributed by atoms with Crippen molar-refractivity contribution in [3.05, 3.63) is 88.9 Å². The molecular formula is C24H18ClFN4O4. The van der Waals surface area contributed by atoms with Gasteiger partial charge in [0.15, 0.2) is 5.76 Å². The largest absolute Gasteiger partial charge is 0.463 e. The van der Waals surface area contributed by atoms with Crippen molar-refractivity contribution in [3.8, 4) is 11.5 Å². The lowest BCUT2D eigenvalue weighted by atomic mass is 10.1. The van der Waals surface area contributed by atoms with Crippen molar-refractivity contribution in [2.24, 2.45) is 0 Å². The average Bonchev–Trinajstić information content (AvgIpc) is 3.37. The van der Waals surface area contributed by atoms with Crippen LogP contribution in [0.5, 0.6) is 0 Å². The van der Waals surface area contributed by atoms with Gasteiger partial charge in [-0.3, -0.25) is 25.2 Å². The third-order valence-corrected chi connectivity index (χ3v) is 5.18. The fraction of sp³-hybridized carbons (Fsp3) is 0.0833. The van der Waals surface area contributed by atoms with Gasteiger partial charge in [-0.2, -0.15) is 0 Å². The minimum absolute atomic E-state index is 0.0188. The van der Waals surface area contributed by atoms with Gasteiger partial charge >= 0.3 is 0 Å². The summed E-state index contributed by atoms with van der Waals surface area (Å²) in [6.07, 6.45) is 1.40. The maximum atomic E-state index is 13.1. The number of hydrazine groups is 1. The van der Waals surface area contributed by atoms with Gasteiger partial charge < -0.3 is 9.73 Å². The van der Waals surface area contributed by atoms with Crippen LogP contribution in [0.4, 0.5) is 4.39 Å². The highest BCUT2D eigenvalue weighted by molar-refractivity contribution is 6.33. The van der Waals surface area contributed by atoms with E-state index in [1.807, 2.05) is 0 Å². The van der Waals surface area contributed by atoms with Crippen molar-refractivity contribution < 1.29 is 23.2 Å². The molecule has 4 rings (SSSR count). The summed E-state index contributed by atoms with van der Waals surface area (Å²) in [5, 5.41) is 3.09. The molecule has 0 aliphatic carbocycles. The van der Waals surface area contributed by atoms with Gasteiger partial charge in [0.1, 0.15) is 11.5 Å². The number of carbonyl (C=O) groups is 3. The minimum atomic E-state index is -0.560. The second kappa shape index (κ2) is 10.1. The number of para-hydroxylation sites is 1. The number of fused-ring (bicyclic) bond motifs is 1. The fourth-order valence-corrected chi connectivity index (χ4v) is 3.48. The van der Waals surface area contributed by atoms with E-state index in [4.69, 9.17) is 16.0 Å². The van der Waals surface area contributed by atoms with Crippen LogP contribution in [0.25, 0.3) is 22.4 Å². The molecule has 0 atom stereocenters. The van der Waals surface area contributed by atoms with Gasteiger partial charge in [-0.25, -0.2) is 9.37 Å². The lowest BCUT2D eigenvalue weighted by molar-refractivity contribution is -0.121. The zero-order valence-electron chi connectivity index (χ0n) is 17.6. The minimum Gasteiger partial charge on any atom is -0.463 e. The van der Waals surface area contributed by atoms with Crippen LogP contribution >= 0.6 is 11.6 Å². The monoisotopic (exact) mass is 480 g/mol. The van der Waals surface area contributed by atoms with Crippen LogP contribution in [0, 0.1) is 5.82 Å². The van der Waals surface area contributed by atoms with Gasteiger partial charge in [0, 0.05) is 18.4 Å². The van der Waals surface area contributed by atoms with E-state index in [0.29, 0.717) is 27.9 Å². The van der Waals surface area contributed by atoms with E-state index in [1.165, 1.54) is 12.3 Å². The Morgan fingerprint density at radius 3 is 2.53 bits per heavy atom. The Labute approximate surface area is 198 Å². The highest BCUT2D eigenvalue weighted by atomic mass is 35.5. The summed E-state index contributed by atoms with van der Waals surface area (Å²) in [7, 11) is 0. The molecule has 2 heterocycles. The maximum Gasteiger partial charge on any atom is 0.270 e. The Kier molecular flexibility index (Phi) is 6.84. The van der Waals surface area contributed by atoms with Gasteiger partial charge in [-0.05, 0) is 42.5 Å². The number of amides is 3. The zero-order valence-corrected chi connectivity index (χ0v) is 18.4. The number of aromatic nitrogens is 1. The van der Waals surface area contributed by atoms with Gasteiger partial charge in [0.25, 0.3) is 11.8 Å². The summed E-state index contributed by atoms with van der Waals surface area (Å²) in [6, 6.07) is 15.5. The molecule has 34 heavy (non-hydrogen) atoms. The molecule has 0 unspecified atom stereocenters. The number of hydrogen-bond acceptors (Lipinski definition) is 5. The molecular weight excluding hydrogens is 463 g/mol. The molecule has 0 aliphatic rings. The number of rotatable bonds is 6. The van der Waals surface area contributed by atoms with Crippen molar-refractivity contribution in [1.82, 2.24) is 21.2 Å². The zero-order chi connectivity index (χ0) is 24.1. The summed E-state index contributed by atoms with van der Waals surface area (Å²) < 4.78 is 18.5. The molecule has 2 aromatic heterocycles. The Morgan fingerprint density at radius 2 is 1.76 bits per heavy atom. The number of halogens is 2. The maximum absolute atomic E-state index is 13.1. The summed E-state index contributed by atoms with van der Waals surface area (Å²) in [4.78, 5) is 41.6. The Morgan fingerprint density at radius 1 is 0.941 bits per heavy atom. The molecule has 172 valence electrons. The molecule has 8 nitrogen and oxygen atoms in total. The molecule has 3 N–H and O–H groups in total. The summed E-state index contributed by atoms with van der Waals surface area (Å²) in [5.41, 5.74) is 6.16. The molecule has 2 aromatic carbocycles. The van der Waals surface area contributed by atoms with Gasteiger partial charge in [-0.1, -0.05) is 29.8 Å². The normalized spacial score (nSPS) is 10.6. The lowest BCUT2D eigenvalue weighted by Crippen LogP contribution is -2.43. The SMILES string of the molecule is O=C(CCNC(=O)c1ccc(F)cc1Cl)NNC(=O)c1cc(-c2ccco2)nc2ccccc12. The Bertz CT molecular complexity index is 1370. The summed E-state index contributed by atoms with van der Waals surface area (Å²) in [5.74, 6) is -1.67. The number of furan rings is 1. The Balaban J connectivity index is 1.36. The number of hydrogen-bond donors (Lipinski definition) is 3. The highest BCUT2D eigenvalue weighted by Gasteiger charge is 2.16. The molecule has 4 aromatic rings.